The Morgan fingerprint density at radius 1 is 1.33 bits per heavy atom. The van der Waals surface area contributed by atoms with E-state index in [4.69, 9.17) is 10.3 Å². The molecule has 5 heteroatoms. The van der Waals surface area contributed by atoms with Crippen molar-refractivity contribution < 1.29 is 4.52 Å². The molecule has 1 unspecified atom stereocenters. The molecule has 1 aromatic carbocycles. The number of nitrogens with zero attached hydrogens (tertiary/aromatic N) is 3. The summed E-state index contributed by atoms with van der Waals surface area (Å²) in [5.41, 5.74) is 7.26. The van der Waals surface area contributed by atoms with Crippen LogP contribution in [0.25, 0.3) is 0 Å². The van der Waals surface area contributed by atoms with Crippen LogP contribution in [0.4, 0.5) is 0 Å². The van der Waals surface area contributed by atoms with Gasteiger partial charge in [-0.05, 0) is 30.5 Å². The van der Waals surface area contributed by atoms with Crippen LogP contribution in [0.15, 0.2) is 34.9 Å². The number of benzene rings is 1. The fraction of sp³-hybridized carbons (Fsp3) is 0.500. The summed E-state index contributed by atoms with van der Waals surface area (Å²) in [6.45, 7) is 5.73. The van der Waals surface area contributed by atoms with E-state index in [1.807, 2.05) is 18.2 Å². The van der Waals surface area contributed by atoms with Crippen molar-refractivity contribution in [3.05, 3.63) is 47.6 Å². The first-order chi connectivity index (χ1) is 10.2. The molecule has 0 saturated carbocycles. The highest BCUT2D eigenvalue weighted by Crippen LogP contribution is 2.29. The molecule has 112 valence electrons. The Bertz CT molecular complexity index is 583. The maximum atomic E-state index is 5.84. The van der Waals surface area contributed by atoms with Crippen molar-refractivity contribution in [2.24, 2.45) is 11.1 Å². The standard InChI is InChI=1S/C16H22N4O/c1-16(11-17)7-8-20(12-16)10-15-18-14(19-21-15)9-13-5-3-2-4-6-13/h2-6H,7-12,17H2,1H3. The topological polar surface area (TPSA) is 68.2 Å². The van der Waals surface area contributed by atoms with E-state index >= 15 is 0 Å². The van der Waals surface area contributed by atoms with Gasteiger partial charge in [0.25, 0.3) is 0 Å². The fourth-order valence-corrected chi connectivity index (χ4v) is 2.82. The van der Waals surface area contributed by atoms with Crippen LogP contribution in [0.2, 0.25) is 0 Å². The van der Waals surface area contributed by atoms with Crippen molar-refractivity contribution in [2.45, 2.75) is 26.3 Å². The number of hydrogen-bond acceptors (Lipinski definition) is 5. The van der Waals surface area contributed by atoms with E-state index in [-0.39, 0.29) is 5.41 Å². The van der Waals surface area contributed by atoms with Gasteiger partial charge < -0.3 is 10.3 Å². The van der Waals surface area contributed by atoms with Crippen molar-refractivity contribution in [3.63, 3.8) is 0 Å². The minimum absolute atomic E-state index is 0.229. The van der Waals surface area contributed by atoms with Crippen LogP contribution in [0, 0.1) is 5.41 Å². The normalized spacial score (nSPS) is 22.8. The lowest BCUT2D eigenvalue weighted by Crippen LogP contribution is -2.31. The van der Waals surface area contributed by atoms with Crippen molar-refractivity contribution in [2.75, 3.05) is 19.6 Å². The molecule has 1 atom stereocenters. The van der Waals surface area contributed by atoms with Crippen LogP contribution in [-0.2, 0) is 13.0 Å². The first-order valence-corrected chi connectivity index (χ1v) is 7.45. The highest BCUT2D eigenvalue weighted by atomic mass is 16.5. The molecule has 0 radical (unpaired) electrons. The van der Waals surface area contributed by atoms with E-state index in [2.05, 4.69) is 34.1 Å². The number of likely N-dealkylation sites (tertiary alicyclic amines) is 1. The fourth-order valence-electron chi connectivity index (χ4n) is 2.82. The Kier molecular flexibility index (Phi) is 4.03. The molecule has 2 aromatic rings. The zero-order valence-electron chi connectivity index (χ0n) is 12.5. The van der Waals surface area contributed by atoms with Gasteiger partial charge in [-0.25, -0.2) is 0 Å². The molecular weight excluding hydrogens is 264 g/mol. The molecule has 2 heterocycles. The van der Waals surface area contributed by atoms with E-state index < -0.39 is 0 Å². The predicted molar refractivity (Wildman–Crippen MR) is 80.6 cm³/mol. The number of aromatic nitrogens is 2. The average Bonchev–Trinajstić information content (AvgIpc) is 3.08. The number of nitrogens with two attached hydrogens (primary N) is 1. The van der Waals surface area contributed by atoms with Crippen molar-refractivity contribution >= 4 is 0 Å². The second-order valence-electron chi connectivity index (χ2n) is 6.24. The van der Waals surface area contributed by atoms with Crippen LogP contribution < -0.4 is 5.73 Å². The lowest BCUT2D eigenvalue weighted by molar-refractivity contribution is 0.238. The molecule has 21 heavy (non-hydrogen) atoms. The van der Waals surface area contributed by atoms with Gasteiger partial charge in [-0.2, -0.15) is 4.98 Å². The smallest absolute Gasteiger partial charge is 0.240 e. The van der Waals surface area contributed by atoms with Crippen LogP contribution in [0.1, 0.15) is 30.6 Å². The summed E-state index contributed by atoms with van der Waals surface area (Å²) < 4.78 is 5.37. The highest BCUT2D eigenvalue weighted by molar-refractivity contribution is 5.18. The molecule has 2 N–H and O–H groups in total. The third kappa shape index (κ3) is 3.49. The van der Waals surface area contributed by atoms with E-state index in [0.29, 0.717) is 12.3 Å². The molecule has 0 spiro atoms. The largest absolute Gasteiger partial charge is 0.338 e. The molecule has 1 aliphatic heterocycles. The lowest BCUT2D eigenvalue weighted by atomic mass is 9.90. The summed E-state index contributed by atoms with van der Waals surface area (Å²) in [6, 6.07) is 10.2. The predicted octanol–water partition coefficient (Wildman–Crippen LogP) is 1.83. The SMILES string of the molecule is CC1(CN)CCN(Cc2nc(Cc3ccccc3)no2)C1. The van der Waals surface area contributed by atoms with Gasteiger partial charge in [-0.15, -0.1) is 0 Å². The van der Waals surface area contributed by atoms with Gasteiger partial charge in [0.1, 0.15) is 0 Å². The van der Waals surface area contributed by atoms with Gasteiger partial charge in [-0.1, -0.05) is 42.4 Å². The first kappa shape index (κ1) is 14.2. The lowest BCUT2D eigenvalue weighted by Gasteiger charge is -2.21. The summed E-state index contributed by atoms with van der Waals surface area (Å²) in [4.78, 5) is 6.83. The Hall–Kier alpha value is -1.72. The maximum absolute atomic E-state index is 5.84. The number of rotatable bonds is 5. The minimum atomic E-state index is 0.229. The Balaban J connectivity index is 1.59. The molecular formula is C16H22N4O. The Labute approximate surface area is 125 Å². The maximum Gasteiger partial charge on any atom is 0.240 e. The quantitative estimate of drug-likeness (QED) is 0.908. The molecule has 1 aliphatic rings. The number of hydrogen-bond donors (Lipinski definition) is 1. The van der Waals surface area contributed by atoms with Gasteiger partial charge in [-0.3, -0.25) is 4.90 Å². The first-order valence-electron chi connectivity index (χ1n) is 7.45. The Morgan fingerprint density at radius 3 is 2.86 bits per heavy atom. The zero-order valence-corrected chi connectivity index (χ0v) is 12.5. The summed E-state index contributed by atoms with van der Waals surface area (Å²) in [5, 5.41) is 4.07. The van der Waals surface area contributed by atoms with Crippen molar-refractivity contribution in [1.29, 1.82) is 0 Å². The molecule has 3 rings (SSSR count). The van der Waals surface area contributed by atoms with Gasteiger partial charge in [0.05, 0.1) is 6.54 Å². The van der Waals surface area contributed by atoms with Gasteiger partial charge in [0, 0.05) is 13.0 Å². The molecule has 0 aliphatic carbocycles. The average molecular weight is 286 g/mol. The van der Waals surface area contributed by atoms with Crippen molar-refractivity contribution in [3.8, 4) is 0 Å². The van der Waals surface area contributed by atoms with E-state index in [1.54, 1.807) is 0 Å². The van der Waals surface area contributed by atoms with E-state index in [1.165, 1.54) is 5.56 Å². The van der Waals surface area contributed by atoms with Gasteiger partial charge in [0.15, 0.2) is 5.82 Å². The monoisotopic (exact) mass is 286 g/mol. The van der Waals surface area contributed by atoms with Gasteiger partial charge in [0.2, 0.25) is 5.89 Å². The van der Waals surface area contributed by atoms with E-state index in [9.17, 15) is 0 Å². The molecule has 5 nitrogen and oxygen atoms in total. The molecule has 0 bridgehead atoms. The molecule has 1 aromatic heterocycles. The van der Waals surface area contributed by atoms with Crippen LogP contribution in [0.3, 0.4) is 0 Å². The third-order valence-corrected chi connectivity index (χ3v) is 4.20. The van der Waals surface area contributed by atoms with Gasteiger partial charge >= 0.3 is 0 Å². The summed E-state index contributed by atoms with van der Waals surface area (Å²) in [6.07, 6.45) is 1.85. The molecule has 1 fully saturated rings. The zero-order chi connectivity index (χ0) is 14.7. The summed E-state index contributed by atoms with van der Waals surface area (Å²) in [5.74, 6) is 1.44. The molecule has 0 amide bonds. The second-order valence-corrected chi connectivity index (χ2v) is 6.24. The van der Waals surface area contributed by atoms with Crippen LogP contribution in [0.5, 0.6) is 0 Å². The van der Waals surface area contributed by atoms with Crippen LogP contribution >= 0.6 is 0 Å². The minimum Gasteiger partial charge on any atom is -0.338 e. The van der Waals surface area contributed by atoms with Crippen molar-refractivity contribution in [1.82, 2.24) is 15.0 Å². The second kappa shape index (κ2) is 5.95. The summed E-state index contributed by atoms with van der Waals surface area (Å²) in [7, 11) is 0. The molecule has 1 saturated heterocycles. The highest BCUT2D eigenvalue weighted by Gasteiger charge is 2.33. The Morgan fingerprint density at radius 2 is 2.14 bits per heavy atom. The third-order valence-electron chi connectivity index (χ3n) is 4.20. The van der Waals surface area contributed by atoms with Crippen LogP contribution in [-0.4, -0.2) is 34.7 Å². The van der Waals surface area contributed by atoms with E-state index in [0.717, 1.165) is 38.4 Å². The summed E-state index contributed by atoms with van der Waals surface area (Å²) >= 11 is 0.